The normalized spacial score (nSPS) is 12.3. The third-order valence-corrected chi connectivity index (χ3v) is 4.06. The lowest BCUT2D eigenvalue weighted by Crippen LogP contribution is -2.40. The van der Waals surface area contributed by atoms with Crippen LogP contribution in [0.3, 0.4) is 0 Å². The Morgan fingerprint density at radius 3 is 2.43 bits per heavy atom. The molecule has 130 valence electrons. The molecule has 0 heterocycles. The van der Waals surface area contributed by atoms with Crippen LogP contribution in [0, 0.1) is 5.92 Å². The number of ether oxygens (including phenoxy) is 2. The smallest absolute Gasteiger partial charge is 0.320 e. The van der Waals surface area contributed by atoms with Crippen molar-refractivity contribution < 1.29 is 19.4 Å². The Hall–Kier alpha value is -1.27. The minimum Gasteiger partial charge on any atom is -0.490 e. The van der Waals surface area contributed by atoms with E-state index in [2.05, 4.69) is 21.2 Å². The van der Waals surface area contributed by atoms with Crippen LogP contribution >= 0.6 is 15.9 Å². The molecule has 0 aromatic heterocycles. The van der Waals surface area contributed by atoms with Crippen molar-refractivity contribution >= 4 is 21.9 Å². The van der Waals surface area contributed by atoms with E-state index >= 15 is 0 Å². The number of rotatable bonds is 10. The predicted octanol–water partition coefficient (Wildman–Crippen LogP) is 3.84. The molecule has 1 atom stereocenters. The quantitative estimate of drug-likeness (QED) is 0.638. The second-order valence-electron chi connectivity index (χ2n) is 5.61. The molecule has 0 aliphatic heterocycles. The first-order chi connectivity index (χ1) is 10.9. The van der Waals surface area contributed by atoms with Crippen molar-refractivity contribution in [2.75, 3.05) is 13.2 Å². The fourth-order valence-corrected chi connectivity index (χ4v) is 2.60. The molecule has 0 saturated heterocycles. The van der Waals surface area contributed by atoms with Crippen molar-refractivity contribution in [2.24, 2.45) is 5.92 Å². The Morgan fingerprint density at radius 2 is 1.91 bits per heavy atom. The first-order valence-corrected chi connectivity index (χ1v) is 8.74. The van der Waals surface area contributed by atoms with Gasteiger partial charge in [0.1, 0.15) is 6.04 Å². The van der Waals surface area contributed by atoms with E-state index in [1.807, 2.05) is 39.8 Å². The van der Waals surface area contributed by atoms with Crippen LogP contribution in [0.15, 0.2) is 16.6 Å². The second kappa shape index (κ2) is 9.78. The summed E-state index contributed by atoms with van der Waals surface area (Å²) in [6.07, 6.45) is 0.918. The molecule has 5 nitrogen and oxygen atoms in total. The van der Waals surface area contributed by atoms with Crippen molar-refractivity contribution in [3.63, 3.8) is 0 Å². The van der Waals surface area contributed by atoms with Gasteiger partial charge in [-0.05, 0) is 37.0 Å². The van der Waals surface area contributed by atoms with Gasteiger partial charge in [-0.3, -0.25) is 4.79 Å². The Morgan fingerprint density at radius 1 is 1.26 bits per heavy atom. The molecule has 6 heteroatoms. The molecule has 2 N–H and O–H groups in total. The number of aliphatic carboxylic acids is 1. The van der Waals surface area contributed by atoms with Gasteiger partial charge in [-0.25, -0.2) is 0 Å². The number of benzene rings is 1. The molecule has 23 heavy (non-hydrogen) atoms. The summed E-state index contributed by atoms with van der Waals surface area (Å²) in [6.45, 7) is 9.33. The lowest BCUT2D eigenvalue weighted by Gasteiger charge is -2.19. The summed E-state index contributed by atoms with van der Waals surface area (Å²) < 4.78 is 12.2. The summed E-state index contributed by atoms with van der Waals surface area (Å²) in [7, 11) is 0. The highest BCUT2D eigenvalue weighted by Crippen LogP contribution is 2.34. The molecule has 0 radical (unpaired) electrons. The van der Waals surface area contributed by atoms with Crippen LogP contribution in [0.5, 0.6) is 11.5 Å². The van der Waals surface area contributed by atoms with E-state index in [0.29, 0.717) is 31.3 Å². The Balaban J connectivity index is 2.93. The highest BCUT2D eigenvalue weighted by atomic mass is 79.9. The third kappa shape index (κ3) is 6.03. The van der Waals surface area contributed by atoms with Gasteiger partial charge in [-0.2, -0.15) is 0 Å². The zero-order valence-corrected chi connectivity index (χ0v) is 15.8. The molecule has 0 fully saturated rings. The Labute approximate surface area is 146 Å². The molecule has 0 amide bonds. The number of hydrogen-bond donors (Lipinski definition) is 2. The van der Waals surface area contributed by atoms with Crippen molar-refractivity contribution in [1.29, 1.82) is 0 Å². The summed E-state index contributed by atoms with van der Waals surface area (Å²) in [4.78, 5) is 11.3. The number of hydrogen-bond acceptors (Lipinski definition) is 4. The molecule has 1 unspecified atom stereocenters. The van der Waals surface area contributed by atoms with Crippen LogP contribution in [0.2, 0.25) is 0 Å². The number of nitrogens with one attached hydrogen (secondary N) is 1. The van der Waals surface area contributed by atoms with Gasteiger partial charge in [0.15, 0.2) is 11.5 Å². The molecule has 1 aromatic carbocycles. The van der Waals surface area contributed by atoms with E-state index in [0.717, 1.165) is 16.5 Å². The molecule has 0 aliphatic carbocycles. The van der Waals surface area contributed by atoms with Gasteiger partial charge in [0.25, 0.3) is 0 Å². The standard InChI is InChI=1S/C17H26BrNO4/c1-5-7-23-15-9-13(18)12(8-14(15)22-6-2)10-19-16(11(3)4)17(20)21/h8-9,11,16,19H,5-7,10H2,1-4H3,(H,20,21). The summed E-state index contributed by atoms with van der Waals surface area (Å²) in [6, 6.07) is 3.18. The van der Waals surface area contributed by atoms with Crippen LogP contribution in [0.1, 0.15) is 39.7 Å². The van der Waals surface area contributed by atoms with Crippen LogP contribution in [-0.2, 0) is 11.3 Å². The highest BCUT2D eigenvalue weighted by Gasteiger charge is 2.21. The largest absolute Gasteiger partial charge is 0.490 e. The molecule has 0 saturated carbocycles. The topological polar surface area (TPSA) is 67.8 Å². The van der Waals surface area contributed by atoms with E-state index in [4.69, 9.17) is 9.47 Å². The number of halogens is 1. The maximum Gasteiger partial charge on any atom is 0.320 e. The maximum absolute atomic E-state index is 11.3. The highest BCUT2D eigenvalue weighted by molar-refractivity contribution is 9.10. The average molecular weight is 388 g/mol. The zero-order chi connectivity index (χ0) is 17.4. The van der Waals surface area contributed by atoms with Crippen LogP contribution in [0.4, 0.5) is 0 Å². The van der Waals surface area contributed by atoms with Crippen LogP contribution in [0.25, 0.3) is 0 Å². The van der Waals surface area contributed by atoms with Gasteiger partial charge in [-0.1, -0.05) is 36.7 Å². The fourth-order valence-electron chi connectivity index (χ4n) is 2.13. The van der Waals surface area contributed by atoms with E-state index < -0.39 is 12.0 Å². The second-order valence-corrected chi connectivity index (χ2v) is 6.47. The van der Waals surface area contributed by atoms with Crippen molar-refractivity contribution in [1.82, 2.24) is 5.32 Å². The lowest BCUT2D eigenvalue weighted by molar-refractivity contribution is -0.140. The van der Waals surface area contributed by atoms with E-state index in [9.17, 15) is 9.90 Å². The van der Waals surface area contributed by atoms with Gasteiger partial charge >= 0.3 is 5.97 Å². The molecule has 0 aliphatic rings. The van der Waals surface area contributed by atoms with Crippen LogP contribution < -0.4 is 14.8 Å². The van der Waals surface area contributed by atoms with E-state index in [-0.39, 0.29) is 5.92 Å². The fraction of sp³-hybridized carbons (Fsp3) is 0.588. The van der Waals surface area contributed by atoms with E-state index in [1.54, 1.807) is 0 Å². The van der Waals surface area contributed by atoms with Crippen molar-refractivity contribution in [3.8, 4) is 11.5 Å². The molecule has 1 rings (SSSR count). The summed E-state index contributed by atoms with van der Waals surface area (Å²) >= 11 is 3.53. The third-order valence-electron chi connectivity index (χ3n) is 3.32. The predicted molar refractivity (Wildman–Crippen MR) is 94.2 cm³/mol. The minimum atomic E-state index is -0.843. The number of carboxylic acids is 1. The van der Waals surface area contributed by atoms with Gasteiger partial charge < -0.3 is 19.9 Å². The summed E-state index contributed by atoms with van der Waals surface area (Å²) in [5.74, 6) is 0.536. The monoisotopic (exact) mass is 387 g/mol. The first kappa shape index (κ1) is 19.8. The molecular weight excluding hydrogens is 362 g/mol. The van der Waals surface area contributed by atoms with Gasteiger partial charge in [0.05, 0.1) is 13.2 Å². The average Bonchev–Trinajstić information content (AvgIpc) is 2.48. The molecule has 0 spiro atoms. The Bertz CT molecular complexity index is 520. The summed E-state index contributed by atoms with van der Waals surface area (Å²) in [5.41, 5.74) is 0.934. The summed E-state index contributed by atoms with van der Waals surface area (Å²) in [5, 5.41) is 12.3. The van der Waals surface area contributed by atoms with Crippen molar-refractivity contribution in [3.05, 3.63) is 22.2 Å². The minimum absolute atomic E-state index is 0.00444. The first-order valence-electron chi connectivity index (χ1n) is 7.94. The Kier molecular flexibility index (Phi) is 8.41. The zero-order valence-electron chi connectivity index (χ0n) is 14.2. The molecule has 0 bridgehead atoms. The van der Waals surface area contributed by atoms with Gasteiger partial charge in [0.2, 0.25) is 0 Å². The SMILES string of the molecule is CCCOc1cc(Br)c(CNC(C(=O)O)C(C)C)cc1OCC. The number of carboxylic acid groups (broad SMARTS) is 1. The number of carbonyl (C=O) groups is 1. The van der Waals surface area contributed by atoms with Crippen LogP contribution in [-0.4, -0.2) is 30.3 Å². The lowest BCUT2D eigenvalue weighted by atomic mass is 10.0. The van der Waals surface area contributed by atoms with Gasteiger partial charge in [0, 0.05) is 11.0 Å². The maximum atomic E-state index is 11.3. The molecular formula is C17H26BrNO4. The van der Waals surface area contributed by atoms with Crippen molar-refractivity contribution in [2.45, 2.75) is 46.7 Å². The van der Waals surface area contributed by atoms with Gasteiger partial charge in [-0.15, -0.1) is 0 Å². The molecule has 1 aromatic rings. The van der Waals surface area contributed by atoms with E-state index in [1.165, 1.54) is 0 Å².